The average molecular weight is 394 g/mol. The van der Waals surface area contributed by atoms with E-state index in [-0.39, 0.29) is 24.2 Å². The summed E-state index contributed by atoms with van der Waals surface area (Å²) in [5, 5.41) is 2.82. The van der Waals surface area contributed by atoms with Gasteiger partial charge in [-0.05, 0) is 44.2 Å². The number of para-hydroxylation sites is 1. The molecule has 1 N–H and O–H groups in total. The van der Waals surface area contributed by atoms with Crippen LogP contribution in [-0.4, -0.2) is 35.8 Å². The first-order chi connectivity index (χ1) is 13.8. The Labute approximate surface area is 170 Å². The summed E-state index contributed by atoms with van der Waals surface area (Å²) in [6.07, 6.45) is 0.271. The van der Waals surface area contributed by atoms with Gasteiger partial charge in [-0.1, -0.05) is 26.0 Å². The number of carbonyl (C=O) groups excluding carboxylic acids is 3. The molecule has 0 saturated heterocycles. The molecule has 0 aliphatic carbocycles. The molecular formula is C23H26N2O4. The summed E-state index contributed by atoms with van der Waals surface area (Å²) in [5.41, 5.74) is 1.88. The minimum absolute atomic E-state index is 0.0425. The van der Waals surface area contributed by atoms with Gasteiger partial charge in [0.1, 0.15) is 5.75 Å². The van der Waals surface area contributed by atoms with Crippen molar-refractivity contribution >= 4 is 23.5 Å². The van der Waals surface area contributed by atoms with Gasteiger partial charge in [0.25, 0.3) is 11.8 Å². The molecule has 2 amide bonds. The summed E-state index contributed by atoms with van der Waals surface area (Å²) in [5.74, 6) is -0.434. The Hall–Kier alpha value is -3.15. The van der Waals surface area contributed by atoms with E-state index in [4.69, 9.17) is 4.74 Å². The van der Waals surface area contributed by atoms with Gasteiger partial charge in [-0.15, -0.1) is 0 Å². The van der Waals surface area contributed by atoms with Crippen LogP contribution in [0.1, 0.15) is 60.4 Å². The van der Waals surface area contributed by atoms with Gasteiger partial charge in [0.2, 0.25) is 0 Å². The van der Waals surface area contributed by atoms with Crippen molar-refractivity contribution < 1.29 is 19.1 Å². The van der Waals surface area contributed by atoms with Crippen LogP contribution in [0, 0.1) is 0 Å². The molecule has 0 fully saturated rings. The van der Waals surface area contributed by atoms with E-state index in [1.54, 1.807) is 41.3 Å². The highest BCUT2D eigenvalue weighted by Gasteiger charge is 2.36. The van der Waals surface area contributed by atoms with Gasteiger partial charge in [-0.3, -0.25) is 14.4 Å². The van der Waals surface area contributed by atoms with Crippen molar-refractivity contribution in [2.75, 3.05) is 18.4 Å². The lowest BCUT2D eigenvalue weighted by Crippen LogP contribution is -2.32. The van der Waals surface area contributed by atoms with Crippen LogP contribution in [0.4, 0.5) is 5.69 Å². The fraction of sp³-hybridized carbons (Fsp3) is 0.348. The van der Waals surface area contributed by atoms with E-state index in [0.29, 0.717) is 35.7 Å². The highest BCUT2D eigenvalue weighted by Crippen LogP contribution is 2.40. The number of rotatable bonds is 5. The van der Waals surface area contributed by atoms with Crippen LogP contribution in [0.2, 0.25) is 0 Å². The summed E-state index contributed by atoms with van der Waals surface area (Å²) in [6.45, 7) is 9.07. The SMILES string of the molecule is CCN(CC)C(=O)c1ccc(NC(=O)c2cccc3c2OC(=O)CC3(C)C)cc1. The van der Waals surface area contributed by atoms with E-state index in [9.17, 15) is 14.4 Å². The summed E-state index contributed by atoms with van der Waals surface area (Å²) in [7, 11) is 0. The number of nitrogens with zero attached hydrogens (tertiary/aromatic N) is 1. The molecule has 1 heterocycles. The number of nitrogens with one attached hydrogen (secondary N) is 1. The smallest absolute Gasteiger partial charge is 0.312 e. The number of amides is 2. The zero-order valence-corrected chi connectivity index (χ0v) is 17.2. The van der Waals surface area contributed by atoms with Gasteiger partial charge >= 0.3 is 5.97 Å². The number of benzene rings is 2. The van der Waals surface area contributed by atoms with E-state index in [1.165, 1.54) is 0 Å². The third-order valence-electron chi connectivity index (χ3n) is 5.23. The van der Waals surface area contributed by atoms with Crippen LogP contribution in [0.15, 0.2) is 42.5 Å². The molecule has 6 heteroatoms. The second-order valence-electron chi connectivity index (χ2n) is 7.73. The molecule has 2 aromatic carbocycles. The lowest BCUT2D eigenvalue weighted by molar-refractivity contribution is -0.136. The standard InChI is InChI=1S/C23H26N2O4/c1-5-25(6-2)22(28)15-10-12-16(13-11-15)24-21(27)17-8-7-9-18-20(17)29-19(26)14-23(18,3)4/h7-13H,5-6,14H2,1-4H3,(H,24,27). The van der Waals surface area contributed by atoms with Gasteiger partial charge in [-0.2, -0.15) is 0 Å². The fourth-order valence-corrected chi connectivity index (χ4v) is 3.55. The first-order valence-electron chi connectivity index (χ1n) is 9.81. The molecule has 1 aliphatic heterocycles. The molecule has 0 saturated carbocycles. The fourth-order valence-electron chi connectivity index (χ4n) is 3.55. The van der Waals surface area contributed by atoms with Gasteiger partial charge in [0, 0.05) is 35.3 Å². The Morgan fingerprint density at radius 2 is 1.72 bits per heavy atom. The average Bonchev–Trinajstić information content (AvgIpc) is 2.68. The van der Waals surface area contributed by atoms with Gasteiger partial charge in [-0.25, -0.2) is 0 Å². The first kappa shape index (κ1) is 20.6. The minimum atomic E-state index is -0.395. The molecule has 1 aliphatic rings. The van der Waals surface area contributed by atoms with E-state index in [2.05, 4.69) is 5.32 Å². The maximum absolute atomic E-state index is 12.8. The molecule has 2 aromatic rings. The molecule has 0 bridgehead atoms. The van der Waals surface area contributed by atoms with Crippen LogP contribution in [0.25, 0.3) is 0 Å². The number of carbonyl (C=O) groups is 3. The van der Waals surface area contributed by atoms with Crippen LogP contribution < -0.4 is 10.1 Å². The second-order valence-corrected chi connectivity index (χ2v) is 7.73. The summed E-state index contributed by atoms with van der Waals surface area (Å²) in [6, 6.07) is 12.1. The molecule has 0 spiro atoms. The van der Waals surface area contributed by atoms with Crippen molar-refractivity contribution in [1.82, 2.24) is 4.90 Å². The number of esters is 1. The van der Waals surface area contributed by atoms with Gasteiger partial charge in [0.05, 0.1) is 12.0 Å². The predicted octanol–water partition coefficient (Wildman–Crippen LogP) is 4.01. The highest BCUT2D eigenvalue weighted by atomic mass is 16.5. The third kappa shape index (κ3) is 4.16. The van der Waals surface area contributed by atoms with E-state index >= 15 is 0 Å². The molecule has 6 nitrogen and oxygen atoms in total. The Kier molecular flexibility index (Phi) is 5.73. The Balaban J connectivity index is 1.82. The first-order valence-corrected chi connectivity index (χ1v) is 9.81. The predicted molar refractivity (Wildman–Crippen MR) is 111 cm³/mol. The second kappa shape index (κ2) is 8.07. The maximum Gasteiger partial charge on any atom is 0.312 e. The topological polar surface area (TPSA) is 75.7 Å². The minimum Gasteiger partial charge on any atom is -0.425 e. The zero-order valence-electron chi connectivity index (χ0n) is 17.2. The molecular weight excluding hydrogens is 368 g/mol. The lowest BCUT2D eigenvalue weighted by atomic mass is 9.78. The monoisotopic (exact) mass is 394 g/mol. The van der Waals surface area contributed by atoms with Crippen LogP contribution in [-0.2, 0) is 10.2 Å². The normalized spacial score (nSPS) is 14.6. The van der Waals surface area contributed by atoms with Crippen molar-refractivity contribution in [2.45, 2.75) is 39.5 Å². The highest BCUT2D eigenvalue weighted by molar-refractivity contribution is 6.07. The molecule has 0 unspecified atom stereocenters. The molecule has 3 rings (SSSR count). The molecule has 0 aromatic heterocycles. The quantitative estimate of drug-likeness (QED) is 0.614. The summed E-state index contributed by atoms with van der Waals surface area (Å²) in [4.78, 5) is 39.0. The molecule has 0 atom stereocenters. The molecule has 152 valence electrons. The Morgan fingerprint density at radius 1 is 1.07 bits per heavy atom. The van der Waals surface area contributed by atoms with Gasteiger partial charge in [0.15, 0.2) is 0 Å². The van der Waals surface area contributed by atoms with E-state index in [1.807, 2.05) is 33.8 Å². The number of hydrogen-bond acceptors (Lipinski definition) is 4. The zero-order chi connectivity index (χ0) is 21.2. The van der Waals surface area contributed by atoms with Crippen molar-refractivity contribution in [3.05, 3.63) is 59.2 Å². The van der Waals surface area contributed by atoms with Crippen molar-refractivity contribution in [3.8, 4) is 5.75 Å². The third-order valence-corrected chi connectivity index (χ3v) is 5.23. The Morgan fingerprint density at radius 3 is 2.34 bits per heavy atom. The van der Waals surface area contributed by atoms with Crippen molar-refractivity contribution in [2.24, 2.45) is 0 Å². The van der Waals surface area contributed by atoms with E-state index < -0.39 is 5.41 Å². The number of ether oxygens (including phenoxy) is 1. The number of anilines is 1. The largest absolute Gasteiger partial charge is 0.425 e. The maximum atomic E-state index is 12.8. The lowest BCUT2D eigenvalue weighted by Gasteiger charge is -2.31. The summed E-state index contributed by atoms with van der Waals surface area (Å²) >= 11 is 0. The summed E-state index contributed by atoms with van der Waals surface area (Å²) < 4.78 is 5.41. The van der Waals surface area contributed by atoms with E-state index in [0.717, 1.165) is 5.56 Å². The number of fused-ring (bicyclic) bond motifs is 1. The van der Waals surface area contributed by atoms with Crippen LogP contribution in [0.5, 0.6) is 5.75 Å². The van der Waals surface area contributed by atoms with Gasteiger partial charge < -0.3 is 15.0 Å². The van der Waals surface area contributed by atoms with Crippen molar-refractivity contribution in [1.29, 1.82) is 0 Å². The molecule has 0 radical (unpaired) electrons. The molecule has 29 heavy (non-hydrogen) atoms. The Bertz CT molecular complexity index is 944. The number of hydrogen-bond donors (Lipinski definition) is 1. The van der Waals surface area contributed by atoms with Crippen LogP contribution in [0.3, 0.4) is 0 Å². The van der Waals surface area contributed by atoms with Crippen molar-refractivity contribution in [3.63, 3.8) is 0 Å². The van der Waals surface area contributed by atoms with Crippen LogP contribution >= 0.6 is 0 Å².